The summed E-state index contributed by atoms with van der Waals surface area (Å²) >= 11 is 0. The van der Waals surface area contributed by atoms with Crippen molar-refractivity contribution in [2.45, 2.75) is 44.9 Å². The zero-order chi connectivity index (χ0) is 17.8. The van der Waals surface area contributed by atoms with Gasteiger partial charge in [-0.2, -0.15) is 4.98 Å². The van der Waals surface area contributed by atoms with Gasteiger partial charge in [0.2, 0.25) is 5.88 Å². The lowest BCUT2D eigenvalue weighted by molar-refractivity contribution is 0.188. The molecule has 0 saturated carbocycles. The van der Waals surface area contributed by atoms with Crippen molar-refractivity contribution in [1.29, 1.82) is 0 Å². The van der Waals surface area contributed by atoms with Crippen LogP contribution >= 0.6 is 0 Å². The van der Waals surface area contributed by atoms with E-state index in [1.54, 1.807) is 0 Å². The number of rotatable bonds is 6. The molecular weight excluding hydrogens is 326 g/mol. The number of anilines is 1. The van der Waals surface area contributed by atoms with Crippen LogP contribution < -0.4 is 10.1 Å². The molecule has 5 nitrogen and oxygen atoms in total. The Hall–Kier alpha value is -2.11. The van der Waals surface area contributed by atoms with Crippen LogP contribution in [0.3, 0.4) is 0 Å². The van der Waals surface area contributed by atoms with Crippen LogP contribution in [0.25, 0.3) is 0 Å². The van der Waals surface area contributed by atoms with Gasteiger partial charge in [-0.05, 0) is 61.4 Å². The summed E-state index contributed by atoms with van der Waals surface area (Å²) in [7, 11) is 0. The number of nitrogens with zero attached hydrogens (tertiary/aromatic N) is 2. The van der Waals surface area contributed by atoms with E-state index < -0.39 is 6.23 Å². The third kappa shape index (κ3) is 4.17. The number of unbranched alkanes of at least 4 members (excludes halogenated alkanes) is 1. The third-order valence-electron chi connectivity index (χ3n) is 5.27. The monoisotopic (exact) mass is 353 g/mol. The highest BCUT2D eigenvalue weighted by molar-refractivity contribution is 5.48. The van der Waals surface area contributed by atoms with E-state index in [4.69, 9.17) is 4.74 Å². The molecule has 1 aromatic heterocycles. The van der Waals surface area contributed by atoms with Crippen LogP contribution in [0.2, 0.25) is 0 Å². The van der Waals surface area contributed by atoms with Gasteiger partial charge in [-0.15, -0.1) is 0 Å². The highest BCUT2D eigenvalue weighted by atomic mass is 16.5. The fraction of sp³-hybridized carbons (Fsp3) is 0.476. The molecule has 2 N–H and O–H groups in total. The Kier molecular flexibility index (Phi) is 5.37. The number of aliphatic hydroxyl groups is 1. The summed E-state index contributed by atoms with van der Waals surface area (Å²) in [4.78, 5) is 7.00. The van der Waals surface area contributed by atoms with Crippen molar-refractivity contribution in [3.05, 3.63) is 53.1 Å². The summed E-state index contributed by atoms with van der Waals surface area (Å²) in [5, 5.41) is 12.7. The molecule has 2 aromatic rings. The number of aryl methyl sites for hydroxylation is 1. The van der Waals surface area contributed by atoms with Crippen molar-refractivity contribution in [2.24, 2.45) is 0 Å². The van der Waals surface area contributed by atoms with Crippen LogP contribution in [0, 0.1) is 0 Å². The standard InChI is InChI=1S/C21H27N3O2/c25-19-9-7-17-8-10-20(23-21(17)22-19)26-14-4-3-12-24-13-11-16-5-1-2-6-18(16)15-24/h1-2,5-6,8,10,19,25H,3-4,7,9,11-15H2,(H,22,23). The number of hydrogen-bond donors (Lipinski definition) is 2. The maximum atomic E-state index is 9.68. The van der Waals surface area contributed by atoms with Gasteiger partial charge in [0, 0.05) is 19.2 Å². The molecule has 26 heavy (non-hydrogen) atoms. The summed E-state index contributed by atoms with van der Waals surface area (Å²) < 4.78 is 5.80. The molecule has 0 radical (unpaired) electrons. The maximum Gasteiger partial charge on any atom is 0.215 e. The number of hydrogen-bond acceptors (Lipinski definition) is 5. The van der Waals surface area contributed by atoms with E-state index >= 15 is 0 Å². The van der Waals surface area contributed by atoms with Crippen LogP contribution in [0.5, 0.6) is 5.88 Å². The molecule has 3 heterocycles. The second-order valence-corrected chi connectivity index (χ2v) is 7.21. The number of aromatic nitrogens is 1. The number of fused-ring (bicyclic) bond motifs is 2. The minimum absolute atomic E-state index is 0.500. The van der Waals surface area contributed by atoms with Gasteiger partial charge in [-0.3, -0.25) is 4.90 Å². The zero-order valence-corrected chi connectivity index (χ0v) is 15.2. The molecule has 2 aliphatic heterocycles. The summed E-state index contributed by atoms with van der Waals surface area (Å²) in [5.74, 6) is 1.39. The first-order valence-electron chi connectivity index (χ1n) is 9.64. The van der Waals surface area contributed by atoms with Crippen LogP contribution in [-0.4, -0.2) is 40.9 Å². The quantitative estimate of drug-likeness (QED) is 0.782. The zero-order valence-electron chi connectivity index (χ0n) is 15.2. The van der Waals surface area contributed by atoms with Crippen molar-refractivity contribution in [3.63, 3.8) is 0 Å². The van der Waals surface area contributed by atoms with Crippen LogP contribution in [-0.2, 0) is 19.4 Å². The van der Waals surface area contributed by atoms with Crippen molar-refractivity contribution in [1.82, 2.24) is 9.88 Å². The number of aliphatic hydroxyl groups excluding tert-OH is 1. The highest BCUT2D eigenvalue weighted by Crippen LogP contribution is 2.24. The Morgan fingerprint density at radius 2 is 1.96 bits per heavy atom. The lowest BCUT2D eigenvalue weighted by Crippen LogP contribution is -2.31. The maximum absolute atomic E-state index is 9.68. The van der Waals surface area contributed by atoms with E-state index in [1.165, 1.54) is 11.1 Å². The highest BCUT2D eigenvalue weighted by Gasteiger charge is 2.17. The Bertz CT molecular complexity index is 750. The van der Waals surface area contributed by atoms with E-state index in [-0.39, 0.29) is 0 Å². The molecule has 0 bridgehead atoms. The Labute approximate surface area is 155 Å². The number of ether oxygens (including phenoxy) is 1. The topological polar surface area (TPSA) is 57.6 Å². The van der Waals surface area contributed by atoms with Gasteiger partial charge >= 0.3 is 0 Å². The second kappa shape index (κ2) is 8.06. The Balaban J connectivity index is 1.19. The van der Waals surface area contributed by atoms with Gasteiger partial charge in [0.05, 0.1) is 6.61 Å². The SMILES string of the molecule is OC1CCc2ccc(OCCCCN3CCc4ccccc4C3)nc2N1. The van der Waals surface area contributed by atoms with Crippen molar-refractivity contribution < 1.29 is 9.84 Å². The predicted octanol–water partition coefficient (Wildman–Crippen LogP) is 2.98. The van der Waals surface area contributed by atoms with Gasteiger partial charge in [0.1, 0.15) is 12.0 Å². The second-order valence-electron chi connectivity index (χ2n) is 7.21. The molecule has 0 saturated heterocycles. The molecular formula is C21H27N3O2. The van der Waals surface area contributed by atoms with Crippen molar-refractivity contribution >= 4 is 5.82 Å². The summed E-state index contributed by atoms with van der Waals surface area (Å²) in [6.07, 6.45) is 4.40. The lowest BCUT2D eigenvalue weighted by atomic mass is 10.00. The molecule has 138 valence electrons. The fourth-order valence-electron chi connectivity index (χ4n) is 3.76. The number of benzene rings is 1. The predicted molar refractivity (Wildman–Crippen MR) is 102 cm³/mol. The molecule has 4 rings (SSSR count). The molecule has 0 spiro atoms. The number of pyridine rings is 1. The average Bonchev–Trinajstić information content (AvgIpc) is 2.67. The minimum Gasteiger partial charge on any atom is -0.478 e. The fourth-order valence-corrected chi connectivity index (χ4v) is 3.76. The third-order valence-corrected chi connectivity index (χ3v) is 5.27. The summed E-state index contributed by atoms with van der Waals surface area (Å²) in [6.45, 7) is 4.01. The van der Waals surface area contributed by atoms with Crippen molar-refractivity contribution in [2.75, 3.05) is 25.0 Å². The van der Waals surface area contributed by atoms with E-state index in [2.05, 4.69) is 39.5 Å². The van der Waals surface area contributed by atoms with Crippen LogP contribution in [0.1, 0.15) is 36.0 Å². The molecule has 0 amide bonds. The van der Waals surface area contributed by atoms with E-state index in [0.29, 0.717) is 12.5 Å². The molecule has 1 unspecified atom stereocenters. The lowest BCUT2D eigenvalue weighted by Gasteiger charge is -2.28. The van der Waals surface area contributed by atoms with Gasteiger partial charge in [-0.25, -0.2) is 0 Å². The average molecular weight is 353 g/mol. The minimum atomic E-state index is -0.500. The van der Waals surface area contributed by atoms with E-state index in [0.717, 1.165) is 63.1 Å². The van der Waals surface area contributed by atoms with E-state index in [1.807, 2.05) is 12.1 Å². The van der Waals surface area contributed by atoms with Crippen LogP contribution in [0.4, 0.5) is 5.82 Å². The summed E-state index contributed by atoms with van der Waals surface area (Å²) in [5.41, 5.74) is 4.13. The first kappa shape index (κ1) is 17.3. The largest absolute Gasteiger partial charge is 0.478 e. The Morgan fingerprint density at radius 1 is 1.08 bits per heavy atom. The first-order valence-corrected chi connectivity index (χ1v) is 9.64. The number of nitrogens with one attached hydrogen (secondary N) is 1. The van der Waals surface area contributed by atoms with Gasteiger partial charge in [-0.1, -0.05) is 24.3 Å². The molecule has 0 aliphatic carbocycles. The van der Waals surface area contributed by atoms with Gasteiger partial charge in [0.25, 0.3) is 0 Å². The first-order chi connectivity index (χ1) is 12.8. The normalized spacial score (nSPS) is 19.3. The van der Waals surface area contributed by atoms with E-state index in [9.17, 15) is 5.11 Å². The summed E-state index contributed by atoms with van der Waals surface area (Å²) in [6, 6.07) is 12.7. The smallest absolute Gasteiger partial charge is 0.215 e. The van der Waals surface area contributed by atoms with Crippen molar-refractivity contribution in [3.8, 4) is 5.88 Å². The molecule has 5 heteroatoms. The molecule has 1 aromatic carbocycles. The van der Waals surface area contributed by atoms with Crippen LogP contribution in [0.15, 0.2) is 36.4 Å². The molecule has 2 aliphatic rings. The van der Waals surface area contributed by atoms with Gasteiger partial charge < -0.3 is 15.2 Å². The van der Waals surface area contributed by atoms with Gasteiger partial charge in [0.15, 0.2) is 0 Å². The molecule has 0 fully saturated rings. The Morgan fingerprint density at radius 3 is 2.88 bits per heavy atom. The molecule has 1 atom stereocenters.